The van der Waals surface area contributed by atoms with E-state index in [-0.39, 0.29) is 17.9 Å². The van der Waals surface area contributed by atoms with Gasteiger partial charge in [-0.15, -0.1) is 11.3 Å². The zero-order chi connectivity index (χ0) is 15.4. The van der Waals surface area contributed by atoms with Crippen LogP contribution in [-0.4, -0.2) is 23.6 Å². The van der Waals surface area contributed by atoms with Crippen LogP contribution < -0.4 is 5.32 Å². The van der Waals surface area contributed by atoms with Gasteiger partial charge in [0.15, 0.2) is 0 Å². The molecule has 0 aromatic carbocycles. The Bertz CT molecular complexity index is 479. The Morgan fingerprint density at radius 1 is 1.38 bits per heavy atom. The van der Waals surface area contributed by atoms with Gasteiger partial charge in [-0.25, -0.2) is 4.98 Å². The van der Waals surface area contributed by atoms with E-state index in [9.17, 15) is 4.79 Å². The molecule has 0 amide bonds. The number of aryl methyl sites for hydroxylation is 2. The minimum Gasteiger partial charge on any atom is -0.466 e. The number of hydrogen-bond donors (Lipinski definition) is 1. The molecule has 1 aliphatic rings. The Morgan fingerprint density at radius 2 is 2.05 bits per heavy atom. The van der Waals surface area contributed by atoms with Gasteiger partial charge >= 0.3 is 5.97 Å². The van der Waals surface area contributed by atoms with Gasteiger partial charge in [0.2, 0.25) is 0 Å². The van der Waals surface area contributed by atoms with E-state index in [1.54, 1.807) is 11.3 Å². The Hall–Kier alpha value is -0.940. The van der Waals surface area contributed by atoms with Crippen LogP contribution in [0, 0.1) is 19.8 Å². The lowest BCUT2D eigenvalue weighted by Gasteiger charge is -2.30. The molecule has 0 spiro atoms. The molecule has 5 heteroatoms. The summed E-state index contributed by atoms with van der Waals surface area (Å²) in [5.41, 5.74) is 1.17. The molecule has 0 radical (unpaired) electrons. The molecule has 118 valence electrons. The van der Waals surface area contributed by atoms with E-state index in [1.165, 1.54) is 10.6 Å². The maximum absolute atomic E-state index is 11.7. The Kier molecular flexibility index (Phi) is 5.76. The number of esters is 1. The number of carbonyl (C=O) groups is 1. The highest BCUT2D eigenvalue weighted by Gasteiger charge is 2.28. The Balaban J connectivity index is 1.83. The van der Waals surface area contributed by atoms with E-state index >= 15 is 0 Å². The molecule has 2 rings (SSSR count). The number of rotatable bonds is 5. The molecule has 1 saturated carbocycles. The van der Waals surface area contributed by atoms with E-state index < -0.39 is 0 Å². The third-order valence-corrected chi connectivity index (χ3v) is 5.08. The van der Waals surface area contributed by atoms with Gasteiger partial charge < -0.3 is 10.1 Å². The molecule has 1 fully saturated rings. The first-order valence-corrected chi connectivity index (χ1v) is 8.69. The van der Waals surface area contributed by atoms with Crippen molar-refractivity contribution >= 4 is 17.3 Å². The van der Waals surface area contributed by atoms with Gasteiger partial charge in [-0.3, -0.25) is 4.79 Å². The lowest BCUT2D eigenvalue weighted by molar-refractivity contribution is -0.149. The summed E-state index contributed by atoms with van der Waals surface area (Å²) in [4.78, 5) is 17.7. The van der Waals surface area contributed by atoms with Gasteiger partial charge in [0.25, 0.3) is 0 Å². The first kappa shape index (κ1) is 16.4. The van der Waals surface area contributed by atoms with Crippen molar-refractivity contribution in [2.24, 2.45) is 5.92 Å². The van der Waals surface area contributed by atoms with Gasteiger partial charge in [0, 0.05) is 17.0 Å². The first-order chi connectivity index (χ1) is 10.0. The molecule has 1 aromatic heterocycles. The summed E-state index contributed by atoms with van der Waals surface area (Å²) in [5.74, 6) is 0.0801. The number of nitrogens with zero attached hydrogens (tertiary/aromatic N) is 1. The molecule has 21 heavy (non-hydrogen) atoms. The van der Waals surface area contributed by atoms with Crippen LogP contribution in [0.2, 0.25) is 0 Å². The fraction of sp³-hybridized carbons (Fsp3) is 0.750. The predicted molar refractivity (Wildman–Crippen MR) is 85.5 cm³/mol. The molecule has 1 atom stereocenters. The minimum absolute atomic E-state index is 0.0185. The fourth-order valence-electron chi connectivity index (χ4n) is 3.14. The standard InChI is InChI=1S/C16H26N2O2S/c1-5-20-16(19)13-6-8-14(9-7-13)17-10(2)15-11(3)21-12(4)18-15/h10,13-14,17H,5-9H2,1-4H3. The van der Waals surface area contributed by atoms with Crippen LogP contribution in [0.1, 0.15) is 61.2 Å². The van der Waals surface area contributed by atoms with Crippen LogP contribution in [0.5, 0.6) is 0 Å². The second-order valence-electron chi connectivity index (χ2n) is 5.86. The zero-order valence-corrected chi connectivity index (χ0v) is 14.3. The van der Waals surface area contributed by atoms with E-state index in [2.05, 4.69) is 31.1 Å². The monoisotopic (exact) mass is 310 g/mol. The van der Waals surface area contributed by atoms with Crippen LogP contribution in [0.25, 0.3) is 0 Å². The van der Waals surface area contributed by atoms with Crippen LogP contribution in [0.3, 0.4) is 0 Å². The summed E-state index contributed by atoms with van der Waals surface area (Å²) in [5, 5.41) is 4.80. The summed E-state index contributed by atoms with van der Waals surface area (Å²) in [6, 6.07) is 0.756. The normalized spacial score (nSPS) is 23.8. The molecular weight excluding hydrogens is 284 g/mol. The summed E-state index contributed by atoms with van der Waals surface area (Å²) in [6.07, 6.45) is 3.93. The van der Waals surface area contributed by atoms with Crippen molar-refractivity contribution < 1.29 is 9.53 Å². The van der Waals surface area contributed by atoms with Crippen molar-refractivity contribution in [3.8, 4) is 0 Å². The molecular formula is C16H26N2O2S. The SMILES string of the molecule is CCOC(=O)C1CCC(NC(C)c2nc(C)sc2C)CC1. The number of hydrogen-bond acceptors (Lipinski definition) is 5. The Labute approximate surface area is 131 Å². The van der Waals surface area contributed by atoms with E-state index in [4.69, 9.17) is 4.74 Å². The molecule has 0 bridgehead atoms. The summed E-state index contributed by atoms with van der Waals surface area (Å²) < 4.78 is 5.12. The Morgan fingerprint density at radius 3 is 2.57 bits per heavy atom. The van der Waals surface area contributed by atoms with Crippen molar-refractivity contribution in [1.29, 1.82) is 0 Å². The number of ether oxygens (including phenoxy) is 1. The lowest BCUT2D eigenvalue weighted by Crippen LogP contribution is -2.37. The summed E-state index contributed by atoms with van der Waals surface area (Å²) in [7, 11) is 0. The predicted octanol–water partition coefficient (Wildman–Crippen LogP) is 3.53. The van der Waals surface area contributed by atoms with Crippen molar-refractivity contribution in [2.75, 3.05) is 6.61 Å². The van der Waals surface area contributed by atoms with Crippen LogP contribution >= 0.6 is 11.3 Å². The third kappa shape index (κ3) is 4.27. The molecule has 1 aromatic rings. The quantitative estimate of drug-likeness (QED) is 0.845. The summed E-state index contributed by atoms with van der Waals surface area (Å²) in [6.45, 7) is 8.72. The highest BCUT2D eigenvalue weighted by Crippen LogP contribution is 2.28. The van der Waals surface area contributed by atoms with E-state index in [0.717, 1.165) is 30.7 Å². The van der Waals surface area contributed by atoms with Crippen molar-refractivity contribution in [3.63, 3.8) is 0 Å². The van der Waals surface area contributed by atoms with E-state index in [1.807, 2.05) is 6.92 Å². The molecule has 4 nitrogen and oxygen atoms in total. The van der Waals surface area contributed by atoms with Gasteiger partial charge in [0.1, 0.15) is 0 Å². The van der Waals surface area contributed by atoms with Gasteiger partial charge in [0.05, 0.1) is 23.2 Å². The minimum atomic E-state index is -0.0185. The topological polar surface area (TPSA) is 51.2 Å². The maximum atomic E-state index is 11.7. The molecule has 1 heterocycles. The number of thiazole rings is 1. The molecule has 0 saturated heterocycles. The highest BCUT2D eigenvalue weighted by atomic mass is 32.1. The maximum Gasteiger partial charge on any atom is 0.308 e. The second-order valence-corrected chi connectivity index (χ2v) is 7.27. The molecule has 1 N–H and O–H groups in total. The van der Waals surface area contributed by atoms with Crippen LogP contribution in [0.4, 0.5) is 0 Å². The van der Waals surface area contributed by atoms with Crippen LogP contribution in [-0.2, 0) is 9.53 Å². The highest BCUT2D eigenvalue weighted by molar-refractivity contribution is 7.11. The van der Waals surface area contributed by atoms with E-state index in [0.29, 0.717) is 12.6 Å². The van der Waals surface area contributed by atoms with Crippen molar-refractivity contribution in [2.45, 2.75) is 65.5 Å². The van der Waals surface area contributed by atoms with Crippen molar-refractivity contribution in [3.05, 3.63) is 15.6 Å². The summed E-state index contributed by atoms with van der Waals surface area (Å²) >= 11 is 1.76. The van der Waals surface area contributed by atoms with Gasteiger partial charge in [-0.2, -0.15) is 0 Å². The fourth-order valence-corrected chi connectivity index (χ4v) is 4.05. The van der Waals surface area contributed by atoms with Gasteiger partial charge in [-0.05, 0) is 53.4 Å². The number of aromatic nitrogens is 1. The molecule has 1 aliphatic carbocycles. The smallest absolute Gasteiger partial charge is 0.308 e. The molecule has 0 aliphatic heterocycles. The average Bonchev–Trinajstić information content (AvgIpc) is 2.79. The lowest BCUT2D eigenvalue weighted by atomic mass is 9.85. The average molecular weight is 310 g/mol. The first-order valence-electron chi connectivity index (χ1n) is 7.87. The van der Waals surface area contributed by atoms with Crippen molar-refractivity contribution in [1.82, 2.24) is 10.3 Å². The van der Waals surface area contributed by atoms with Crippen LogP contribution in [0.15, 0.2) is 0 Å². The second kappa shape index (κ2) is 7.36. The van der Waals surface area contributed by atoms with Gasteiger partial charge in [-0.1, -0.05) is 0 Å². The zero-order valence-electron chi connectivity index (χ0n) is 13.4. The number of carbonyl (C=O) groups excluding carboxylic acids is 1. The molecule has 1 unspecified atom stereocenters. The largest absolute Gasteiger partial charge is 0.466 e. The number of nitrogens with one attached hydrogen (secondary N) is 1. The third-order valence-electron chi connectivity index (χ3n) is 4.18.